The molecule has 8 heteroatoms. The molecule has 0 unspecified atom stereocenters. The fourth-order valence-electron chi connectivity index (χ4n) is 3.70. The molecule has 2 amide bonds. The van der Waals surface area contributed by atoms with Gasteiger partial charge in [0.1, 0.15) is 11.9 Å². The van der Waals surface area contributed by atoms with Gasteiger partial charge in [0, 0.05) is 63.1 Å². The second kappa shape index (κ2) is 10.6. The van der Waals surface area contributed by atoms with Crippen LogP contribution in [-0.4, -0.2) is 50.7 Å². The smallest absolute Gasteiger partial charge is 0.251 e. The molecule has 3 aromatic rings. The minimum Gasteiger partial charge on any atom is -0.490 e. The van der Waals surface area contributed by atoms with Crippen molar-refractivity contribution in [3.63, 3.8) is 0 Å². The number of pyridine rings is 1. The summed E-state index contributed by atoms with van der Waals surface area (Å²) in [5, 5.41) is 7.01. The van der Waals surface area contributed by atoms with Gasteiger partial charge in [0.25, 0.3) is 5.91 Å². The topological polar surface area (TPSA) is 89.4 Å². The molecule has 0 radical (unpaired) electrons. The van der Waals surface area contributed by atoms with Gasteiger partial charge in [-0.15, -0.1) is 0 Å². The highest BCUT2D eigenvalue weighted by atomic mass is 16.5. The quantitative estimate of drug-likeness (QED) is 0.590. The Hall–Kier alpha value is -3.68. The van der Waals surface area contributed by atoms with Gasteiger partial charge in [0.2, 0.25) is 5.91 Å². The molecule has 166 valence electrons. The number of rotatable bonds is 8. The highest BCUT2D eigenvalue weighted by Gasteiger charge is 2.24. The first-order valence-electron chi connectivity index (χ1n) is 10.9. The Kier molecular flexibility index (Phi) is 7.12. The van der Waals surface area contributed by atoms with E-state index in [1.54, 1.807) is 29.2 Å². The van der Waals surface area contributed by atoms with Crippen LogP contribution in [-0.2, 0) is 17.9 Å². The second-order valence-corrected chi connectivity index (χ2v) is 7.75. The van der Waals surface area contributed by atoms with E-state index >= 15 is 0 Å². The second-order valence-electron chi connectivity index (χ2n) is 7.75. The van der Waals surface area contributed by atoms with Crippen LogP contribution in [0.25, 0.3) is 0 Å². The van der Waals surface area contributed by atoms with Crippen molar-refractivity contribution in [2.24, 2.45) is 0 Å². The number of piperidine rings is 1. The Balaban J connectivity index is 1.23. The van der Waals surface area contributed by atoms with Crippen LogP contribution in [0.5, 0.6) is 5.75 Å². The number of likely N-dealkylation sites (tertiary alicyclic amines) is 1. The van der Waals surface area contributed by atoms with Crippen molar-refractivity contribution in [3.05, 3.63) is 78.4 Å². The fraction of sp³-hybridized carbons (Fsp3) is 0.333. The molecule has 32 heavy (non-hydrogen) atoms. The van der Waals surface area contributed by atoms with Crippen LogP contribution in [0.3, 0.4) is 0 Å². The molecule has 0 spiro atoms. The van der Waals surface area contributed by atoms with E-state index in [2.05, 4.69) is 15.4 Å². The molecule has 0 bridgehead atoms. The van der Waals surface area contributed by atoms with E-state index in [0.29, 0.717) is 43.9 Å². The summed E-state index contributed by atoms with van der Waals surface area (Å²) < 4.78 is 7.88. The zero-order chi connectivity index (χ0) is 22.2. The van der Waals surface area contributed by atoms with Gasteiger partial charge in [-0.25, -0.2) is 0 Å². The Morgan fingerprint density at radius 1 is 1.06 bits per heavy atom. The SMILES string of the molecule is O=C(NCc1ccccn1)c1cccc(OC2CCN(C(=O)CCn3cccn3)CC2)c1. The van der Waals surface area contributed by atoms with Crippen molar-refractivity contribution < 1.29 is 14.3 Å². The minimum absolute atomic E-state index is 0.0250. The highest BCUT2D eigenvalue weighted by molar-refractivity contribution is 5.94. The van der Waals surface area contributed by atoms with Gasteiger partial charge in [0.05, 0.1) is 12.2 Å². The predicted molar refractivity (Wildman–Crippen MR) is 119 cm³/mol. The minimum atomic E-state index is -0.168. The first-order valence-corrected chi connectivity index (χ1v) is 10.9. The Bertz CT molecular complexity index is 1020. The third-order valence-corrected chi connectivity index (χ3v) is 5.46. The van der Waals surface area contributed by atoms with Crippen molar-refractivity contribution in [1.82, 2.24) is 25.0 Å². The molecule has 4 rings (SSSR count). The lowest BCUT2D eigenvalue weighted by molar-refractivity contribution is -0.133. The van der Waals surface area contributed by atoms with Gasteiger partial charge >= 0.3 is 0 Å². The summed E-state index contributed by atoms with van der Waals surface area (Å²) in [5.74, 6) is 0.642. The van der Waals surface area contributed by atoms with Crippen molar-refractivity contribution in [3.8, 4) is 5.75 Å². The summed E-state index contributed by atoms with van der Waals surface area (Å²) in [6, 6.07) is 14.7. The summed E-state index contributed by atoms with van der Waals surface area (Å²) >= 11 is 0. The summed E-state index contributed by atoms with van der Waals surface area (Å²) in [7, 11) is 0. The standard InChI is InChI=1S/C24H27N5O3/c30-23(10-16-29-13-4-12-27-29)28-14-8-21(9-15-28)32-22-7-3-5-19(17-22)24(31)26-18-20-6-1-2-11-25-20/h1-7,11-13,17,21H,8-10,14-16,18H2,(H,26,31). The first kappa shape index (κ1) is 21.5. The third-order valence-electron chi connectivity index (χ3n) is 5.46. The van der Waals surface area contributed by atoms with E-state index in [1.807, 2.05) is 47.5 Å². The molecule has 1 aliphatic rings. The average Bonchev–Trinajstić information content (AvgIpc) is 3.36. The van der Waals surface area contributed by atoms with E-state index in [4.69, 9.17) is 4.74 Å². The average molecular weight is 434 g/mol. The summed E-state index contributed by atoms with van der Waals surface area (Å²) in [6.45, 7) is 2.31. The third kappa shape index (κ3) is 5.94. The number of aromatic nitrogens is 3. The number of ether oxygens (including phenoxy) is 1. The van der Waals surface area contributed by atoms with Crippen molar-refractivity contribution in [1.29, 1.82) is 0 Å². The lowest BCUT2D eigenvalue weighted by atomic mass is 10.1. The predicted octanol–water partition coefficient (Wildman–Crippen LogP) is 2.67. The van der Waals surface area contributed by atoms with E-state index < -0.39 is 0 Å². The molecule has 1 fully saturated rings. The lowest BCUT2D eigenvalue weighted by Gasteiger charge is -2.32. The van der Waals surface area contributed by atoms with Gasteiger partial charge < -0.3 is 15.0 Å². The largest absolute Gasteiger partial charge is 0.490 e. The van der Waals surface area contributed by atoms with Gasteiger partial charge in [0.15, 0.2) is 0 Å². The molecule has 1 aromatic carbocycles. The number of aryl methyl sites for hydroxylation is 1. The number of nitrogens with one attached hydrogen (secondary N) is 1. The highest BCUT2D eigenvalue weighted by Crippen LogP contribution is 2.21. The van der Waals surface area contributed by atoms with Crippen molar-refractivity contribution in [2.45, 2.75) is 38.5 Å². The van der Waals surface area contributed by atoms with Crippen LogP contribution in [0.4, 0.5) is 0 Å². The van der Waals surface area contributed by atoms with Crippen LogP contribution in [0.15, 0.2) is 67.1 Å². The van der Waals surface area contributed by atoms with Crippen molar-refractivity contribution >= 4 is 11.8 Å². The molecular formula is C24H27N5O3. The fourth-order valence-corrected chi connectivity index (χ4v) is 3.70. The zero-order valence-corrected chi connectivity index (χ0v) is 17.9. The number of nitrogens with zero attached hydrogens (tertiary/aromatic N) is 4. The summed E-state index contributed by atoms with van der Waals surface area (Å²) in [6.07, 6.45) is 7.29. The van der Waals surface area contributed by atoms with E-state index in [1.165, 1.54) is 0 Å². The van der Waals surface area contributed by atoms with Crippen LogP contribution in [0, 0.1) is 0 Å². The molecular weight excluding hydrogens is 406 g/mol. The summed E-state index contributed by atoms with van der Waals surface area (Å²) in [4.78, 5) is 31.0. The van der Waals surface area contributed by atoms with E-state index in [-0.39, 0.29) is 17.9 Å². The number of hydrogen-bond donors (Lipinski definition) is 1. The van der Waals surface area contributed by atoms with Crippen molar-refractivity contribution in [2.75, 3.05) is 13.1 Å². The molecule has 3 heterocycles. The first-order chi connectivity index (χ1) is 15.7. The van der Waals surface area contributed by atoms with Gasteiger partial charge in [-0.1, -0.05) is 12.1 Å². The van der Waals surface area contributed by atoms with Crippen LogP contribution >= 0.6 is 0 Å². The lowest BCUT2D eigenvalue weighted by Crippen LogP contribution is -2.42. The molecule has 1 aliphatic heterocycles. The van der Waals surface area contributed by atoms with E-state index in [9.17, 15) is 9.59 Å². The van der Waals surface area contributed by atoms with Gasteiger partial charge in [-0.3, -0.25) is 19.3 Å². The molecule has 1 saturated heterocycles. The Morgan fingerprint density at radius 3 is 2.69 bits per heavy atom. The number of carbonyl (C=O) groups excluding carboxylic acids is 2. The Morgan fingerprint density at radius 2 is 1.94 bits per heavy atom. The molecule has 8 nitrogen and oxygen atoms in total. The number of benzene rings is 1. The molecule has 2 aromatic heterocycles. The maximum atomic E-state index is 12.5. The Labute approximate surface area is 187 Å². The van der Waals surface area contributed by atoms with E-state index in [0.717, 1.165) is 18.5 Å². The van der Waals surface area contributed by atoms with Gasteiger partial charge in [-0.05, 0) is 36.4 Å². The molecule has 0 aliphatic carbocycles. The van der Waals surface area contributed by atoms with Crippen LogP contribution in [0.2, 0.25) is 0 Å². The van der Waals surface area contributed by atoms with Crippen LogP contribution < -0.4 is 10.1 Å². The van der Waals surface area contributed by atoms with Crippen LogP contribution in [0.1, 0.15) is 35.3 Å². The molecule has 1 N–H and O–H groups in total. The monoisotopic (exact) mass is 433 g/mol. The number of amides is 2. The van der Waals surface area contributed by atoms with Gasteiger partial charge in [-0.2, -0.15) is 5.10 Å². The zero-order valence-electron chi connectivity index (χ0n) is 17.9. The number of carbonyl (C=O) groups is 2. The maximum absolute atomic E-state index is 12.5. The summed E-state index contributed by atoms with van der Waals surface area (Å²) in [5.41, 5.74) is 1.35. The number of hydrogen-bond acceptors (Lipinski definition) is 5. The maximum Gasteiger partial charge on any atom is 0.251 e. The molecule has 0 atom stereocenters. The molecule has 0 saturated carbocycles. The normalized spacial score (nSPS) is 14.2.